The van der Waals surface area contributed by atoms with Crippen molar-refractivity contribution in [1.29, 1.82) is 10.5 Å². The highest BCUT2D eigenvalue weighted by molar-refractivity contribution is 7.31. The van der Waals surface area contributed by atoms with Gasteiger partial charge in [-0.25, -0.2) is 20.2 Å². The summed E-state index contributed by atoms with van der Waals surface area (Å²) in [7, 11) is 0. The maximum absolute atomic E-state index is 15.1. The molecule has 4 aliphatic carbocycles. The van der Waals surface area contributed by atoms with Crippen molar-refractivity contribution in [3.63, 3.8) is 0 Å². The van der Waals surface area contributed by atoms with E-state index in [0.717, 1.165) is 100 Å². The predicted octanol–water partition coefficient (Wildman–Crippen LogP) is 28.8. The number of fused-ring (bicyclic) bond motifs is 14. The third-order valence-corrected chi connectivity index (χ3v) is 30.1. The number of nitrogens with zero attached hydrogens (tertiary/aromatic N) is 4. The summed E-state index contributed by atoms with van der Waals surface area (Å²) in [6.07, 6.45) is 26.8. The smallest absolute Gasteiger partial charge is 0.270 e. The van der Waals surface area contributed by atoms with Crippen LogP contribution in [0.5, 0.6) is 0 Å². The Morgan fingerprint density at radius 1 is 0.391 bits per heavy atom. The second-order valence-corrected chi connectivity index (χ2v) is 36.3. The van der Waals surface area contributed by atoms with Gasteiger partial charge in [0.1, 0.15) is 0 Å². The van der Waals surface area contributed by atoms with Crippen molar-refractivity contribution in [3.05, 3.63) is 313 Å². The first-order valence-corrected chi connectivity index (χ1v) is 44.3. The minimum Gasteiger partial charge on any atom is -0.289 e. The van der Waals surface area contributed by atoms with Crippen molar-refractivity contribution in [2.24, 2.45) is 0 Å². The Hall–Kier alpha value is -9.96. The summed E-state index contributed by atoms with van der Waals surface area (Å²) in [6, 6.07) is 64.6. The Balaban J connectivity index is 0.929. The van der Waals surface area contributed by atoms with Crippen LogP contribution in [0.2, 0.25) is 0 Å². The number of allylic oxidation sites excluding steroid dienone is 6. The topological polar surface area (TPSA) is 90.4 Å². The molecular weight excluding hydrogens is 1460 g/mol. The Bertz CT molecular complexity index is 5650. The van der Waals surface area contributed by atoms with E-state index in [2.05, 4.69) is 171 Å². The summed E-state index contributed by atoms with van der Waals surface area (Å²) in [5.41, 5.74) is 19.3. The fourth-order valence-corrected chi connectivity index (χ4v) is 25.2. The number of nitriles is 2. The van der Waals surface area contributed by atoms with E-state index in [1.165, 1.54) is 165 Å². The summed E-state index contributed by atoms with van der Waals surface area (Å²) in [5, 5.41) is 27.2. The Morgan fingerprint density at radius 3 is 1.04 bits per heavy atom. The molecule has 0 N–H and O–H groups in total. The number of hydrogen-bond acceptors (Lipinski definition) is 10. The standard InChI is InChI=1S/C98H82N4O2S6/c1-7-11-15-19-23-59-27-35-65(36-28-59)97(66-37-29-60(30-38-66)24-20-16-12-8-2)79-53-76-80(54-75(79)93-89(97)95-85(109-93)51-69(107-95)49-77-87(81(57-99)101-5)71-55-83-63(43-45-105-83)47-73(71)91(77)103)98(67-39-31-61(32-40-67)25-21-17-13-9-3,68-41-33-62(34-42-68)26-22-18-14-10-4)90-94(76)110-86-52-70(108-96(86)90)50-78-88(82(58-100)102-6)72-56-84-64(44-46-106-84)48-74(72)92(78)104/h27-56H,7-26H2,1-4H3/b77-49-,78-50-,87-81+,88-82?. The number of thiophene rings is 6. The Labute approximate surface area is 669 Å². The van der Waals surface area contributed by atoms with E-state index in [0.29, 0.717) is 44.5 Å². The molecular formula is C98H82N4O2S6. The monoisotopic (exact) mass is 1540 g/mol. The maximum Gasteiger partial charge on any atom is 0.270 e. The lowest BCUT2D eigenvalue weighted by Gasteiger charge is -2.36. The van der Waals surface area contributed by atoms with Gasteiger partial charge in [-0.2, -0.15) is 0 Å². The summed E-state index contributed by atoms with van der Waals surface area (Å²) in [4.78, 5) is 41.9. The van der Waals surface area contributed by atoms with Gasteiger partial charge in [-0.05, 0) is 224 Å². The molecule has 6 heterocycles. The minimum absolute atomic E-state index is 0.0891. The van der Waals surface area contributed by atoms with Crippen LogP contribution in [-0.4, -0.2) is 11.6 Å². The number of Topliss-reactive ketones (excluding diaryl/α,β-unsaturated/α-hetero) is 2. The van der Waals surface area contributed by atoms with Gasteiger partial charge >= 0.3 is 0 Å². The summed E-state index contributed by atoms with van der Waals surface area (Å²) in [6.45, 7) is 25.7. The number of hydrogen-bond donors (Lipinski definition) is 0. The molecule has 0 saturated heterocycles. The summed E-state index contributed by atoms with van der Waals surface area (Å²) in [5.74, 6) is -0.358. The second kappa shape index (κ2) is 30.7. The van der Waals surface area contributed by atoms with Gasteiger partial charge in [0, 0.05) is 82.9 Å². The van der Waals surface area contributed by atoms with Crippen molar-refractivity contribution in [2.75, 3.05) is 0 Å². The molecule has 0 amide bonds. The Kier molecular flexibility index (Phi) is 20.4. The number of unbranched alkanes of at least 4 members (excludes halogenated alkanes) is 12. The fourth-order valence-electron chi connectivity index (χ4n) is 18.1. The zero-order valence-corrected chi connectivity index (χ0v) is 67.4. The number of aryl methyl sites for hydroxylation is 4. The average Bonchev–Trinajstić information content (AvgIpc) is 1.49. The van der Waals surface area contributed by atoms with E-state index < -0.39 is 10.8 Å². The van der Waals surface area contributed by atoms with Gasteiger partial charge in [0.15, 0.2) is 11.6 Å². The number of rotatable bonds is 26. The van der Waals surface area contributed by atoms with Gasteiger partial charge in [-0.15, -0.1) is 68.0 Å². The lowest BCUT2D eigenvalue weighted by atomic mass is 9.65. The predicted molar refractivity (Wildman–Crippen MR) is 465 cm³/mol. The average molecular weight is 1540 g/mol. The highest BCUT2D eigenvalue weighted by Gasteiger charge is 2.55. The quantitative estimate of drug-likeness (QED) is 0.0234. The first kappa shape index (κ1) is 72.9. The molecule has 6 aromatic heterocycles. The maximum atomic E-state index is 15.1. The van der Waals surface area contributed by atoms with Crippen LogP contribution in [0.1, 0.15) is 239 Å². The minimum atomic E-state index is -0.847. The van der Waals surface area contributed by atoms with Gasteiger partial charge in [0.05, 0.1) is 45.5 Å². The molecule has 0 unspecified atom stereocenters. The van der Waals surface area contributed by atoms with E-state index >= 15 is 9.59 Å². The first-order chi connectivity index (χ1) is 54.0. The molecule has 0 spiro atoms. The summed E-state index contributed by atoms with van der Waals surface area (Å²) >= 11 is 10.2. The van der Waals surface area contributed by atoms with E-state index in [-0.39, 0.29) is 23.0 Å². The number of ketones is 2. The van der Waals surface area contributed by atoms with Crippen molar-refractivity contribution < 1.29 is 9.59 Å². The van der Waals surface area contributed by atoms with Crippen LogP contribution >= 0.6 is 68.0 Å². The van der Waals surface area contributed by atoms with Crippen LogP contribution in [0.15, 0.2) is 191 Å². The molecule has 542 valence electrons. The molecule has 0 saturated carbocycles. The van der Waals surface area contributed by atoms with Gasteiger partial charge in [-0.3, -0.25) is 9.59 Å². The normalized spacial score (nSPS) is 15.9. The lowest BCUT2D eigenvalue weighted by molar-refractivity contribution is 0.103. The molecule has 13 aromatic rings. The van der Waals surface area contributed by atoms with Crippen LogP contribution in [-0.2, 0) is 36.5 Å². The molecule has 0 radical (unpaired) electrons. The molecule has 0 aliphatic heterocycles. The van der Waals surface area contributed by atoms with Crippen LogP contribution in [0.25, 0.3) is 92.8 Å². The third kappa shape index (κ3) is 12.3. The van der Waals surface area contributed by atoms with Crippen molar-refractivity contribution in [2.45, 2.75) is 167 Å². The number of carbonyl (C=O) groups is 2. The highest BCUT2D eigenvalue weighted by Crippen LogP contribution is 2.68. The van der Waals surface area contributed by atoms with Crippen LogP contribution in [0.3, 0.4) is 0 Å². The van der Waals surface area contributed by atoms with Crippen LogP contribution in [0.4, 0.5) is 0 Å². The Morgan fingerprint density at radius 2 is 0.727 bits per heavy atom. The molecule has 12 heteroatoms. The van der Waals surface area contributed by atoms with E-state index in [1.54, 1.807) is 45.3 Å². The SMILES string of the molecule is [C-]#[N+]C(C#N)=C1/C(=C/c2cc3sc4c(c3s2)C(c2ccc(CCCCCC)cc2)(c2ccc(CCCCCC)cc2)c2cc3c(cc2-4)C(c2ccc(CCCCCC)cc2)(c2ccc(CCCCCC)cc2)c2c-3sc3cc(/C=C4\C(=O)c5cc6ccsc6cc5\C4=C(\C#N)[N+]#[C-])sc23)C(=O)c2cc3ccsc3cc21. The molecule has 0 atom stereocenters. The lowest BCUT2D eigenvalue weighted by Crippen LogP contribution is -2.30. The molecule has 7 aromatic carbocycles. The molecule has 0 fully saturated rings. The van der Waals surface area contributed by atoms with E-state index in [9.17, 15) is 10.5 Å². The second-order valence-electron chi connectivity index (χ2n) is 30.2. The molecule has 17 rings (SSSR count). The molecule has 0 bridgehead atoms. The molecule has 4 aliphatic rings. The highest BCUT2D eigenvalue weighted by atomic mass is 32.1. The summed E-state index contributed by atoms with van der Waals surface area (Å²) < 4.78 is 6.51. The largest absolute Gasteiger partial charge is 0.289 e. The third-order valence-electron chi connectivity index (χ3n) is 23.5. The van der Waals surface area contributed by atoms with E-state index in [4.69, 9.17) is 13.1 Å². The zero-order chi connectivity index (χ0) is 75.4. The first-order valence-electron chi connectivity index (χ1n) is 39.3. The fraction of sp³-hybridized carbons (Fsp3) is 0.265. The van der Waals surface area contributed by atoms with Crippen molar-refractivity contribution in [1.82, 2.24) is 0 Å². The van der Waals surface area contributed by atoms with Crippen molar-refractivity contribution in [3.8, 4) is 33.0 Å². The van der Waals surface area contributed by atoms with Gasteiger partial charge < -0.3 is 0 Å². The molecule has 6 nitrogen and oxygen atoms in total. The van der Waals surface area contributed by atoms with Crippen LogP contribution < -0.4 is 0 Å². The van der Waals surface area contributed by atoms with Gasteiger partial charge in [0.2, 0.25) is 0 Å². The van der Waals surface area contributed by atoms with Crippen molar-refractivity contribution >= 4 is 142 Å². The van der Waals surface area contributed by atoms with Crippen LogP contribution in [0, 0.1) is 35.8 Å². The zero-order valence-electron chi connectivity index (χ0n) is 62.5. The van der Waals surface area contributed by atoms with Gasteiger partial charge in [0.25, 0.3) is 11.4 Å². The van der Waals surface area contributed by atoms with Gasteiger partial charge in [-0.1, -0.05) is 202 Å². The number of benzene rings is 7. The number of carbonyl (C=O) groups excluding carboxylic acids is 2. The van der Waals surface area contributed by atoms with E-state index in [1.807, 2.05) is 82.0 Å². The molecule has 110 heavy (non-hydrogen) atoms.